The highest BCUT2D eigenvalue weighted by molar-refractivity contribution is 5.76. The summed E-state index contributed by atoms with van der Waals surface area (Å²) in [4.78, 5) is 24.5. The van der Waals surface area contributed by atoms with Crippen LogP contribution in [0.2, 0.25) is 0 Å². The van der Waals surface area contributed by atoms with E-state index in [-0.39, 0.29) is 18.5 Å². The molecular weight excluding hydrogens is 911 g/mol. The van der Waals surface area contributed by atoms with Gasteiger partial charge in [-0.2, -0.15) is 0 Å². The maximum Gasteiger partial charge on any atom is 0.305 e. The zero-order valence-electron chi connectivity index (χ0n) is 50.4. The average molecular weight is 1040 g/mol. The summed E-state index contributed by atoms with van der Waals surface area (Å²) in [6.45, 7) is 4.94. The fourth-order valence-corrected chi connectivity index (χ4v) is 10.9. The van der Waals surface area contributed by atoms with E-state index in [2.05, 4.69) is 19.2 Å². The highest BCUT2D eigenvalue weighted by Gasteiger charge is 2.18. The Kier molecular flexibility index (Phi) is 62.9. The van der Waals surface area contributed by atoms with Crippen LogP contribution in [-0.4, -0.2) is 47.4 Å². The van der Waals surface area contributed by atoms with Crippen molar-refractivity contribution in [1.29, 1.82) is 0 Å². The Bertz CT molecular complexity index is 1110. The summed E-state index contributed by atoms with van der Waals surface area (Å²) in [5, 5.41) is 23.2. The smallest absolute Gasteiger partial charge is 0.305 e. The first-order chi connectivity index (χ1) is 36.5. The Hall–Kier alpha value is -1.40. The molecule has 2 atom stereocenters. The normalized spacial score (nSPS) is 12.5. The molecule has 0 bridgehead atoms. The Morgan fingerprint density at radius 2 is 0.622 bits per heavy atom. The number of hydrogen-bond donors (Lipinski definition) is 3. The van der Waals surface area contributed by atoms with E-state index in [9.17, 15) is 19.8 Å². The van der Waals surface area contributed by atoms with Gasteiger partial charge in [-0.1, -0.05) is 353 Å². The number of unbranched alkanes of at least 4 members (excludes halogenated alkanes) is 53. The van der Waals surface area contributed by atoms with E-state index in [0.717, 1.165) is 38.5 Å². The number of aliphatic hydroxyl groups is 2. The summed E-state index contributed by atoms with van der Waals surface area (Å²) < 4.78 is 5.47. The molecule has 1 amide bonds. The number of carbonyl (C=O) groups is 2. The summed E-state index contributed by atoms with van der Waals surface area (Å²) >= 11 is 0. The van der Waals surface area contributed by atoms with Gasteiger partial charge < -0.3 is 20.3 Å². The van der Waals surface area contributed by atoms with Crippen LogP contribution in [-0.2, 0) is 14.3 Å². The first-order valence-corrected chi connectivity index (χ1v) is 34.0. The number of amides is 1. The number of allylic oxidation sites excluding steroid dienone is 1. The molecule has 0 fully saturated rings. The lowest BCUT2D eigenvalue weighted by Gasteiger charge is -2.20. The largest absolute Gasteiger partial charge is 0.466 e. The molecule has 6 heteroatoms. The molecule has 0 rings (SSSR count). The Morgan fingerprint density at radius 1 is 0.365 bits per heavy atom. The zero-order chi connectivity index (χ0) is 53.6. The fraction of sp³-hybridized carbons (Fsp3) is 0.941. The van der Waals surface area contributed by atoms with Crippen molar-refractivity contribution in [3.8, 4) is 0 Å². The molecular formula is C68H133NO5. The van der Waals surface area contributed by atoms with Gasteiger partial charge in [-0.05, 0) is 32.1 Å². The lowest BCUT2D eigenvalue weighted by molar-refractivity contribution is -0.143. The van der Waals surface area contributed by atoms with Crippen LogP contribution in [0.5, 0.6) is 0 Å². The molecule has 0 spiro atoms. The van der Waals surface area contributed by atoms with Crippen LogP contribution in [0.4, 0.5) is 0 Å². The second-order valence-corrected chi connectivity index (χ2v) is 23.5. The predicted octanol–water partition coefficient (Wildman–Crippen LogP) is 21.6. The van der Waals surface area contributed by atoms with Crippen molar-refractivity contribution in [2.45, 2.75) is 398 Å². The third-order valence-electron chi connectivity index (χ3n) is 16.1. The van der Waals surface area contributed by atoms with Gasteiger partial charge in [-0.25, -0.2) is 0 Å². The van der Waals surface area contributed by atoms with Crippen molar-refractivity contribution < 1.29 is 24.5 Å². The van der Waals surface area contributed by atoms with Crippen molar-refractivity contribution in [2.24, 2.45) is 0 Å². The van der Waals surface area contributed by atoms with Gasteiger partial charge >= 0.3 is 5.97 Å². The Morgan fingerprint density at radius 3 is 0.919 bits per heavy atom. The SMILES string of the molecule is CCCCCCCCCCCCCCCCCC/C=C/C(O)C(CO)NC(=O)CCCCCCCCCCCCCCCCCCCCCCCCCCCCCCOC(=O)CCCCCCCCCCCCC. The van der Waals surface area contributed by atoms with Crippen LogP contribution < -0.4 is 5.32 Å². The van der Waals surface area contributed by atoms with Crippen molar-refractivity contribution in [3.63, 3.8) is 0 Å². The van der Waals surface area contributed by atoms with E-state index in [1.165, 1.54) is 321 Å². The minimum atomic E-state index is -0.842. The average Bonchev–Trinajstić information content (AvgIpc) is 3.40. The molecule has 0 saturated heterocycles. The summed E-state index contributed by atoms with van der Waals surface area (Å²) in [6.07, 6.45) is 78.5. The van der Waals surface area contributed by atoms with Crippen molar-refractivity contribution in [1.82, 2.24) is 5.32 Å². The molecule has 0 aromatic rings. The summed E-state index contributed by atoms with van der Waals surface area (Å²) in [5.74, 6) is -0.0422. The fourth-order valence-electron chi connectivity index (χ4n) is 10.9. The Balaban J connectivity index is 3.36. The molecule has 0 aromatic heterocycles. The minimum absolute atomic E-state index is 0.0189. The van der Waals surface area contributed by atoms with Gasteiger partial charge in [0.1, 0.15) is 0 Å². The van der Waals surface area contributed by atoms with E-state index in [0.29, 0.717) is 19.4 Å². The third-order valence-corrected chi connectivity index (χ3v) is 16.1. The number of carbonyl (C=O) groups excluding carboxylic acids is 2. The molecule has 0 aliphatic heterocycles. The molecule has 74 heavy (non-hydrogen) atoms. The van der Waals surface area contributed by atoms with Gasteiger partial charge in [0.2, 0.25) is 5.91 Å². The molecule has 0 aliphatic rings. The quantitative estimate of drug-likeness (QED) is 0.0320. The van der Waals surface area contributed by atoms with E-state index in [4.69, 9.17) is 4.74 Å². The molecule has 0 aliphatic carbocycles. The van der Waals surface area contributed by atoms with Crippen LogP contribution in [0.15, 0.2) is 12.2 Å². The van der Waals surface area contributed by atoms with Gasteiger partial charge in [0, 0.05) is 12.8 Å². The molecule has 0 heterocycles. The Labute approximate surface area is 463 Å². The molecule has 3 N–H and O–H groups in total. The van der Waals surface area contributed by atoms with Gasteiger partial charge in [-0.15, -0.1) is 0 Å². The lowest BCUT2D eigenvalue weighted by Crippen LogP contribution is -2.45. The van der Waals surface area contributed by atoms with Crippen LogP contribution in [0.25, 0.3) is 0 Å². The second kappa shape index (κ2) is 64.1. The number of hydrogen-bond acceptors (Lipinski definition) is 5. The van der Waals surface area contributed by atoms with Crippen molar-refractivity contribution in [2.75, 3.05) is 13.2 Å². The summed E-state index contributed by atoms with van der Waals surface area (Å²) in [5.41, 5.74) is 0. The predicted molar refractivity (Wildman–Crippen MR) is 324 cm³/mol. The van der Waals surface area contributed by atoms with E-state index in [1.807, 2.05) is 6.08 Å². The zero-order valence-corrected chi connectivity index (χ0v) is 50.4. The van der Waals surface area contributed by atoms with E-state index < -0.39 is 12.1 Å². The highest BCUT2D eigenvalue weighted by Crippen LogP contribution is 2.19. The lowest BCUT2D eigenvalue weighted by atomic mass is 10.0. The van der Waals surface area contributed by atoms with E-state index >= 15 is 0 Å². The minimum Gasteiger partial charge on any atom is -0.466 e. The van der Waals surface area contributed by atoms with Gasteiger partial charge in [-0.3, -0.25) is 9.59 Å². The van der Waals surface area contributed by atoms with Crippen LogP contribution in [0.3, 0.4) is 0 Å². The standard InChI is InChI=1S/C68H133NO5/c1-3-5-7-9-11-13-15-16-17-18-31-34-37-41-44-48-52-56-60-66(71)65(64-70)69-67(72)61-57-53-49-45-42-38-35-32-29-27-25-23-21-19-20-22-24-26-28-30-33-36-39-43-47-51-55-59-63-74-68(73)62-58-54-50-46-40-14-12-10-8-6-4-2/h56,60,65-66,70-71H,3-55,57-59,61-64H2,1-2H3,(H,69,72)/b60-56+. The molecule has 0 saturated carbocycles. The van der Waals surface area contributed by atoms with Gasteiger partial charge in [0.05, 0.1) is 25.4 Å². The summed E-state index contributed by atoms with van der Waals surface area (Å²) in [6, 6.07) is -0.625. The van der Waals surface area contributed by atoms with Crippen LogP contribution in [0.1, 0.15) is 386 Å². The van der Waals surface area contributed by atoms with Crippen LogP contribution in [0, 0.1) is 0 Å². The maximum absolute atomic E-state index is 12.5. The first-order valence-electron chi connectivity index (χ1n) is 34.0. The number of nitrogens with one attached hydrogen (secondary N) is 1. The molecule has 0 radical (unpaired) electrons. The molecule has 0 aromatic carbocycles. The monoisotopic (exact) mass is 1040 g/mol. The molecule has 2 unspecified atom stereocenters. The molecule has 6 nitrogen and oxygen atoms in total. The van der Waals surface area contributed by atoms with Gasteiger partial charge in [0.15, 0.2) is 0 Å². The topological polar surface area (TPSA) is 95.9 Å². The highest BCUT2D eigenvalue weighted by atomic mass is 16.5. The van der Waals surface area contributed by atoms with Gasteiger partial charge in [0.25, 0.3) is 0 Å². The number of rotatable bonds is 64. The first kappa shape index (κ1) is 72.6. The van der Waals surface area contributed by atoms with Crippen molar-refractivity contribution in [3.05, 3.63) is 12.2 Å². The third kappa shape index (κ3) is 59.8. The molecule has 440 valence electrons. The van der Waals surface area contributed by atoms with Crippen molar-refractivity contribution >= 4 is 11.9 Å². The second-order valence-electron chi connectivity index (χ2n) is 23.5. The number of aliphatic hydroxyl groups excluding tert-OH is 2. The number of esters is 1. The van der Waals surface area contributed by atoms with Crippen LogP contribution >= 0.6 is 0 Å². The maximum atomic E-state index is 12.5. The number of ether oxygens (including phenoxy) is 1. The van der Waals surface area contributed by atoms with E-state index in [1.54, 1.807) is 6.08 Å². The summed E-state index contributed by atoms with van der Waals surface area (Å²) in [7, 11) is 0.